The lowest BCUT2D eigenvalue weighted by Gasteiger charge is -2.30. The van der Waals surface area contributed by atoms with Gasteiger partial charge in [-0.3, -0.25) is 10.2 Å². The molecule has 1 aliphatic carbocycles. The van der Waals surface area contributed by atoms with Crippen molar-refractivity contribution in [2.24, 2.45) is 5.84 Å². The summed E-state index contributed by atoms with van der Waals surface area (Å²) in [7, 11) is 2.13. The highest BCUT2D eigenvalue weighted by molar-refractivity contribution is 5.83. The molecule has 0 aromatic heterocycles. The number of hydrazine groups is 1. The molecule has 1 aliphatic rings. The zero-order chi connectivity index (χ0) is 15.1. The van der Waals surface area contributed by atoms with E-state index in [0.29, 0.717) is 6.04 Å². The van der Waals surface area contributed by atoms with Gasteiger partial charge in [0.2, 0.25) is 5.91 Å². The number of rotatable bonds is 5. The summed E-state index contributed by atoms with van der Waals surface area (Å²) in [5, 5.41) is 0. The van der Waals surface area contributed by atoms with Gasteiger partial charge < -0.3 is 4.90 Å². The van der Waals surface area contributed by atoms with E-state index in [1.807, 2.05) is 30.3 Å². The van der Waals surface area contributed by atoms with Gasteiger partial charge in [0.25, 0.3) is 0 Å². The second-order valence-corrected chi connectivity index (χ2v) is 6.06. The van der Waals surface area contributed by atoms with E-state index in [9.17, 15) is 4.79 Å². The van der Waals surface area contributed by atoms with Crippen LogP contribution in [0.2, 0.25) is 0 Å². The minimum atomic E-state index is -0.204. The molecule has 0 spiro atoms. The van der Waals surface area contributed by atoms with Gasteiger partial charge in [0.05, 0.1) is 5.92 Å². The van der Waals surface area contributed by atoms with Gasteiger partial charge in [-0.15, -0.1) is 0 Å². The maximum atomic E-state index is 12.1. The summed E-state index contributed by atoms with van der Waals surface area (Å²) >= 11 is 0. The third kappa shape index (κ3) is 4.55. The number of carbonyl (C=O) groups is 1. The van der Waals surface area contributed by atoms with Crippen LogP contribution in [0.4, 0.5) is 0 Å². The van der Waals surface area contributed by atoms with E-state index in [1.54, 1.807) is 0 Å². The zero-order valence-corrected chi connectivity index (χ0v) is 12.9. The van der Waals surface area contributed by atoms with Crippen molar-refractivity contribution < 1.29 is 4.79 Å². The van der Waals surface area contributed by atoms with Crippen molar-refractivity contribution in [1.82, 2.24) is 10.3 Å². The molecule has 0 saturated heterocycles. The molecule has 0 radical (unpaired) electrons. The summed E-state index contributed by atoms with van der Waals surface area (Å²) in [6.45, 7) is 0.720. The van der Waals surface area contributed by atoms with Crippen LogP contribution < -0.4 is 11.3 Å². The summed E-state index contributed by atoms with van der Waals surface area (Å²) in [5.74, 6) is 5.06. The van der Waals surface area contributed by atoms with E-state index < -0.39 is 0 Å². The second kappa shape index (κ2) is 8.15. The highest BCUT2D eigenvalue weighted by Crippen LogP contribution is 2.24. The summed E-state index contributed by atoms with van der Waals surface area (Å²) in [6.07, 6.45) is 7.76. The van der Waals surface area contributed by atoms with Crippen molar-refractivity contribution in [3.63, 3.8) is 0 Å². The minimum absolute atomic E-state index is 0.110. The molecule has 1 aromatic rings. The number of nitrogens with two attached hydrogens (primary N) is 1. The summed E-state index contributed by atoms with van der Waals surface area (Å²) in [6, 6.07) is 10.5. The lowest BCUT2D eigenvalue weighted by molar-refractivity contribution is -0.123. The van der Waals surface area contributed by atoms with Gasteiger partial charge in [0.15, 0.2) is 0 Å². The van der Waals surface area contributed by atoms with Gasteiger partial charge in [0, 0.05) is 12.6 Å². The third-order valence-electron chi connectivity index (χ3n) is 4.58. The Morgan fingerprint density at radius 1 is 1.24 bits per heavy atom. The Kier molecular flexibility index (Phi) is 6.21. The molecular weight excluding hydrogens is 262 g/mol. The first-order valence-electron chi connectivity index (χ1n) is 7.98. The van der Waals surface area contributed by atoms with Crippen LogP contribution in [0.1, 0.15) is 50.0 Å². The molecule has 21 heavy (non-hydrogen) atoms. The number of carbonyl (C=O) groups excluding carboxylic acids is 1. The molecule has 116 valence electrons. The monoisotopic (exact) mass is 289 g/mol. The van der Waals surface area contributed by atoms with Crippen LogP contribution in [0, 0.1) is 0 Å². The number of hydrogen-bond acceptors (Lipinski definition) is 3. The Bertz CT molecular complexity index is 427. The second-order valence-electron chi connectivity index (χ2n) is 6.06. The lowest BCUT2D eigenvalue weighted by atomic mass is 9.96. The fourth-order valence-corrected chi connectivity index (χ4v) is 3.26. The number of nitrogens with zero attached hydrogens (tertiary/aromatic N) is 1. The molecule has 1 atom stereocenters. The van der Waals surface area contributed by atoms with Crippen LogP contribution in [-0.2, 0) is 4.79 Å². The predicted octanol–water partition coefficient (Wildman–Crippen LogP) is 2.41. The quantitative estimate of drug-likeness (QED) is 0.379. The Hall–Kier alpha value is -1.39. The van der Waals surface area contributed by atoms with E-state index in [2.05, 4.69) is 17.4 Å². The zero-order valence-electron chi connectivity index (χ0n) is 12.9. The van der Waals surface area contributed by atoms with Crippen molar-refractivity contribution in [2.45, 2.75) is 50.5 Å². The smallest absolute Gasteiger partial charge is 0.242 e. The highest BCUT2D eigenvalue weighted by atomic mass is 16.2. The van der Waals surface area contributed by atoms with Crippen molar-refractivity contribution in [3.05, 3.63) is 35.9 Å². The largest absolute Gasteiger partial charge is 0.302 e. The first-order valence-corrected chi connectivity index (χ1v) is 7.98. The normalized spacial score (nSPS) is 18.2. The first-order chi connectivity index (χ1) is 10.2. The Balaban J connectivity index is 2.05. The molecule has 1 fully saturated rings. The van der Waals surface area contributed by atoms with E-state index >= 15 is 0 Å². The number of benzene rings is 1. The van der Waals surface area contributed by atoms with Crippen LogP contribution in [-0.4, -0.2) is 30.4 Å². The molecule has 1 aromatic carbocycles. The van der Waals surface area contributed by atoms with E-state index in [-0.39, 0.29) is 11.8 Å². The molecule has 2 rings (SSSR count). The lowest BCUT2D eigenvalue weighted by Crippen LogP contribution is -2.42. The van der Waals surface area contributed by atoms with Gasteiger partial charge in [0.1, 0.15) is 0 Å². The third-order valence-corrected chi connectivity index (χ3v) is 4.58. The van der Waals surface area contributed by atoms with E-state index in [4.69, 9.17) is 5.84 Å². The van der Waals surface area contributed by atoms with Crippen LogP contribution in [0.15, 0.2) is 30.3 Å². The van der Waals surface area contributed by atoms with Crippen molar-refractivity contribution in [3.8, 4) is 0 Å². The maximum Gasteiger partial charge on any atom is 0.242 e. The molecule has 1 amide bonds. The van der Waals surface area contributed by atoms with Crippen molar-refractivity contribution in [2.75, 3.05) is 13.6 Å². The summed E-state index contributed by atoms with van der Waals surface area (Å²) in [5.41, 5.74) is 3.35. The number of likely N-dealkylation sites (N-methyl/N-ethyl adjacent to an activating group) is 1. The standard InChI is InChI=1S/C17H27N3O/c1-20(15-11-7-2-3-8-12-15)13-16(17(21)19-18)14-9-5-4-6-10-14/h4-6,9-10,15-16H,2-3,7-8,11-13,18H2,1H3,(H,19,21). The number of hydrogen-bond donors (Lipinski definition) is 2. The SMILES string of the molecule is CN(CC(C(=O)NN)c1ccccc1)C1CCCCCC1. The summed E-state index contributed by atoms with van der Waals surface area (Å²) < 4.78 is 0. The molecule has 4 heteroatoms. The molecular formula is C17H27N3O. The fraction of sp³-hybridized carbons (Fsp3) is 0.588. The number of amides is 1. The van der Waals surface area contributed by atoms with Gasteiger partial charge >= 0.3 is 0 Å². The topological polar surface area (TPSA) is 58.4 Å². The van der Waals surface area contributed by atoms with Crippen LogP contribution in [0.5, 0.6) is 0 Å². The van der Waals surface area contributed by atoms with Crippen LogP contribution >= 0.6 is 0 Å². The van der Waals surface area contributed by atoms with Gasteiger partial charge in [-0.1, -0.05) is 56.0 Å². The van der Waals surface area contributed by atoms with Crippen molar-refractivity contribution >= 4 is 5.91 Å². The van der Waals surface area contributed by atoms with E-state index in [0.717, 1.165) is 12.1 Å². The average molecular weight is 289 g/mol. The van der Waals surface area contributed by atoms with Crippen LogP contribution in [0.3, 0.4) is 0 Å². The number of nitrogens with one attached hydrogen (secondary N) is 1. The fourth-order valence-electron chi connectivity index (χ4n) is 3.26. The molecule has 1 unspecified atom stereocenters. The average Bonchev–Trinajstić information content (AvgIpc) is 2.82. The Morgan fingerprint density at radius 3 is 2.43 bits per heavy atom. The van der Waals surface area contributed by atoms with Gasteiger partial charge in [-0.2, -0.15) is 0 Å². The predicted molar refractivity (Wildman–Crippen MR) is 85.6 cm³/mol. The van der Waals surface area contributed by atoms with E-state index in [1.165, 1.54) is 38.5 Å². The molecule has 0 heterocycles. The Morgan fingerprint density at radius 2 is 1.86 bits per heavy atom. The highest BCUT2D eigenvalue weighted by Gasteiger charge is 2.25. The first kappa shape index (κ1) is 16.0. The minimum Gasteiger partial charge on any atom is -0.302 e. The summed E-state index contributed by atoms with van der Waals surface area (Å²) in [4.78, 5) is 14.5. The molecule has 4 nitrogen and oxygen atoms in total. The molecule has 0 bridgehead atoms. The van der Waals surface area contributed by atoms with Crippen molar-refractivity contribution in [1.29, 1.82) is 0 Å². The van der Waals surface area contributed by atoms with Crippen LogP contribution in [0.25, 0.3) is 0 Å². The molecule has 3 N–H and O–H groups in total. The molecule has 0 aliphatic heterocycles. The van der Waals surface area contributed by atoms with Gasteiger partial charge in [-0.25, -0.2) is 5.84 Å². The maximum absolute atomic E-state index is 12.1. The van der Waals surface area contributed by atoms with Gasteiger partial charge in [-0.05, 0) is 25.5 Å². The Labute approximate surface area is 127 Å². The molecule has 1 saturated carbocycles.